The molecule has 0 unspecified atom stereocenters. The predicted molar refractivity (Wildman–Crippen MR) is 96.4 cm³/mol. The lowest BCUT2D eigenvalue weighted by Gasteiger charge is -2.14. The van der Waals surface area contributed by atoms with Crippen molar-refractivity contribution in [2.45, 2.75) is 12.8 Å². The zero-order valence-corrected chi connectivity index (χ0v) is 14.2. The molecule has 2 aromatic carbocycles. The van der Waals surface area contributed by atoms with Crippen molar-refractivity contribution in [2.24, 2.45) is 0 Å². The van der Waals surface area contributed by atoms with E-state index >= 15 is 0 Å². The van der Waals surface area contributed by atoms with E-state index in [0.717, 1.165) is 5.56 Å². The summed E-state index contributed by atoms with van der Waals surface area (Å²) in [6.07, 6.45) is -2.92. The van der Waals surface area contributed by atoms with Gasteiger partial charge in [0.25, 0.3) is 0 Å². The number of alkyl halides is 3. The molecule has 0 aliphatic heterocycles. The van der Waals surface area contributed by atoms with Gasteiger partial charge in [-0.3, -0.25) is 0 Å². The van der Waals surface area contributed by atoms with Crippen molar-refractivity contribution in [3.05, 3.63) is 72.4 Å². The van der Waals surface area contributed by atoms with Crippen LogP contribution in [0.1, 0.15) is 5.56 Å². The Kier molecular flexibility index (Phi) is 5.49. The van der Waals surface area contributed by atoms with Gasteiger partial charge in [0.05, 0.1) is 0 Å². The Hall–Kier alpha value is -3.22. The van der Waals surface area contributed by atoms with Gasteiger partial charge in [-0.25, -0.2) is 4.98 Å². The second-order valence-electron chi connectivity index (χ2n) is 5.82. The number of hydrogen-bond donors (Lipinski definition) is 1. The van der Waals surface area contributed by atoms with Gasteiger partial charge in [-0.15, -0.1) is 0 Å². The molecular weight excluding hydrogens is 357 g/mol. The van der Waals surface area contributed by atoms with Gasteiger partial charge < -0.3 is 15.2 Å². The second-order valence-corrected chi connectivity index (χ2v) is 5.82. The highest BCUT2D eigenvalue weighted by molar-refractivity contribution is 5.72. The Morgan fingerprint density at radius 1 is 0.926 bits per heavy atom. The standard InChI is InChI=1S/C20H17F3N2O2/c21-20(22,23)13-27-18-10-16(24)7-8-17(18)15-6-9-19(25-11-15)26-12-14-4-2-1-3-5-14/h1-11H,12-13,24H2. The zero-order chi connectivity index (χ0) is 19.3. The van der Waals surface area contributed by atoms with E-state index in [9.17, 15) is 13.2 Å². The first-order chi connectivity index (χ1) is 12.9. The van der Waals surface area contributed by atoms with Crippen LogP contribution in [0.4, 0.5) is 18.9 Å². The number of rotatable bonds is 6. The first-order valence-electron chi connectivity index (χ1n) is 8.13. The molecule has 0 atom stereocenters. The third-order valence-corrected chi connectivity index (χ3v) is 3.67. The molecule has 0 aliphatic carbocycles. The largest absolute Gasteiger partial charge is 0.483 e. The van der Waals surface area contributed by atoms with Crippen LogP contribution in [0.25, 0.3) is 11.1 Å². The van der Waals surface area contributed by atoms with Crippen LogP contribution in [-0.4, -0.2) is 17.8 Å². The van der Waals surface area contributed by atoms with E-state index in [4.69, 9.17) is 15.2 Å². The van der Waals surface area contributed by atoms with Crippen molar-refractivity contribution in [2.75, 3.05) is 12.3 Å². The molecule has 0 saturated carbocycles. The van der Waals surface area contributed by atoms with Crippen molar-refractivity contribution in [3.63, 3.8) is 0 Å². The van der Waals surface area contributed by atoms with Crippen LogP contribution in [0.5, 0.6) is 11.6 Å². The summed E-state index contributed by atoms with van der Waals surface area (Å²) >= 11 is 0. The molecule has 4 nitrogen and oxygen atoms in total. The highest BCUT2D eigenvalue weighted by Crippen LogP contribution is 2.33. The summed E-state index contributed by atoms with van der Waals surface area (Å²) in [6, 6.07) is 17.5. The van der Waals surface area contributed by atoms with Gasteiger partial charge in [-0.1, -0.05) is 30.3 Å². The van der Waals surface area contributed by atoms with Crippen molar-refractivity contribution in [3.8, 4) is 22.8 Å². The van der Waals surface area contributed by atoms with E-state index < -0.39 is 12.8 Å². The van der Waals surface area contributed by atoms with E-state index in [1.54, 1.807) is 24.3 Å². The first-order valence-corrected chi connectivity index (χ1v) is 8.13. The quantitative estimate of drug-likeness (QED) is 0.627. The fourth-order valence-electron chi connectivity index (χ4n) is 2.41. The van der Waals surface area contributed by atoms with Crippen LogP contribution in [0.15, 0.2) is 66.9 Å². The maximum Gasteiger partial charge on any atom is 0.422 e. The van der Waals surface area contributed by atoms with Gasteiger partial charge in [-0.05, 0) is 23.8 Å². The number of halogens is 3. The molecule has 1 heterocycles. The van der Waals surface area contributed by atoms with Crippen LogP contribution < -0.4 is 15.2 Å². The monoisotopic (exact) mass is 374 g/mol. The maximum atomic E-state index is 12.5. The minimum atomic E-state index is -4.44. The lowest BCUT2D eigenvalue weighted by atomic mass is 10.1. The normalized spacial score (nSPS) is 11.2. The fraction of sp³-hybridized carbons (Fsp3) is 0.150. The molecule has 0 aliphatic rings. The molecule has 0 fully saturated rings. The van der Waals surface area contributed by atoms with E-state index in [0.29, 0.717) is 29.3 Å². The number of anilines is 1. The van der Waals surface area contributed by atoms with Gasteiger partial charge in [0.15, 0.2) is 6.61 Å². The lowest BCUT2D eigenvalue weighted by Crippen LogP contribution is -2.19. The van der Waals surface area contributed by atoms with Gasteiger partial charge in [-0.2, -0.15) is 13.2 Å². The number of nitrogens with zero attached hydrogens (tertiary/aromatic N) is 1. The molecule has 0 saturated heterocycles. The van der Waals surface area contributed by atoms with Crippen LogP contribution in [0.2, 0.25) is 0 Å². The number of benzene rings is 2. The minimum absolute atomic E-state index is 0.0482. The predicted octanol–water partition coefficient (Wildman–Crippen LogP) is 4.85. The number of nitrogen functional groups attached to an aromatic ring is 1. The minimum Gasteiger partial charge on any atom is -0.483 e. The third kappa shape index (κ3) is 5.37. The smallest absolute Gasteiger partial charge is 0.422 e. The van der Waals surface area contributed by atoms with Gasteiger partial charge in [0.2, 0.25) is 5.88 Å². The molecule has 0 amide bonds. The summed E-state index contributed by atoms with van der Waals surface area (Å²) in [7, 11) is 0. The number of hydrogen-bond acceptors (Lipinski definition) is 4. The molecule has 0 bridgehead atoms. The zero-order valence-electron chi connectivity index (χ0n) is 14.2. The van der Waals surface area contributed by atoms with Crippen LogP contribution in [-0.2, 0) is 6.61 Å². The molecule has 140 valence electrons. The third-order valence-electron chi connectivity index (χ3n) is 3.67. The van der Waals surface area contributed by atoms with Crippen molar-refractivity contribution < 1.29 is 22.6 Å². The number of ether oxygens (including phenoxy) is 2. The number of pyridine rings is 1. The van der Waals surface area contributed by atoms with Gasteiger partial charge >= 0.3 is 6.18 Å². The Balaban J connectivity index is 1.74. The molecule has 27 heavy (non-hydrogen) atoms. The summed E-state index contributed by atoms with van der Waals surface area (Å²) in [5, 5.41) is 0. The van der Waals surface area contributed by atoms with E-state index in [1.165, 1.54) is 12.3 Å². The van der Waals surface area contributed by atoms with Crippen LogP contribution in [0.3, 0.4) is 0 Å². The number of aromatic nitrogens is 1. The molecule has 3 rings (SSSR count). The topological polar surface area (TPSA) is 57.4 Å². The molecule has 3 aromatic rings. The Bertz CT molecular complexity index is 882. The maximum absolute atomic E-state index is 12.5. The summed E-state index contributed by atoms with van der Waals surface area (Å²) in [5.41, 5.74) is 8.05. The number of nitrogens with two attached hydrogens (primary N) is 1. The summed E-state index contributed by atoms with van der Waals surface area (Å²) in [6.45, 7) is -1.02. The fourth-order valence-corrected chi connectivity index (χ4v) is 2.41. The lowest BCUT2D eigenvalue weighted by molar-refractivity contribution is -0.153. The van der Waals surface area contributed by atoms with E-state index in [-0.39, 0.29) is 5.75 Å². The van der Waals surface area contributed by atoms with Crippen molar-refractivity contribution >= 4 is 5.69 Å². The first kappa shape index (κ1) is 18.6. The molecular formula is C20H17F3N2O2. The van der Waals surface area contributed by atoms with Crippen molar-refractivity contribution in [1.82, 2.24) is 4.98 Å². The second kappa shape index (κ2) is 7.99. The molecule has 7 heteroatoms. The van der Waals surface area contributed by atoms with E-state index in [2.05, 4.69) is 4.98 Å². The summed E-state index contributed by atoms with van der Waals surface area (Å²) < 4.78 is 47.9. The Labute approximate surface area is 154 Å². The highest BCUT2D eigenvalue weighted by Gasteiger charge is 2.29. The summed E-state index contributed by atoms with van der Waals surface area (Å²) in [5.74, 6) is 0.461. The molecule has 2 N–H and O–H groups in total. The summed E-state index contributed by atoms with van der Waals surface area (Å²) in [4.78, 5) is 4.21. The molecule has 0 radical (unpaired) electrons. The average Bonchev–Trinajstić information content (AvgIpc) is 2.66. The Morgan fingerprint density at radius 2 is 1.70 bits per heavy atom. The molecule has 1 aromatic heterocycles. The molecule has 0 spiro atoms. The van der Waals surface area contributed by atoms with E-state index in [1.807, 2.05) is 30.3 Å². The van der Waals surface area contributed by atoms with Crippen molar-refractivity contribution in [1.29, 1.82) is 0 Å². The van der Waals surface area contributed by atoms with Crippen LogP contribution in [0, 0.1) is 0 Å². The average molecular weight is 374 g/mol. The van der Waals surface area contributed by atoms with Crippen LogP contribution >= 0.6 is 0 Å². The van der Waals surface area contributed by atoms with Gasteiger partial charge in [0.1, 0.15) is 12.4 Å². The SMILES string of the molecule is Nc1ccc(-c2ccc(OCc3ccccc3)nc2)c(OCC(F)(F)F)c1. The van der Waals surface area contributed by atoms with Gasteiger partial charge in [0, 0.05) is 35.1 Å². The highest BCUT2D eigenvalue weighted by atomic mass is 19.4. The Morgan fingerprint density at radius 3 is 2.37 bits per heavy atom.